The molecule has 1 heterocycles. The highest BCUT2D eigenvalue weighted by Crippen LogP contribution is 2.50. The van der Waals surface area contributed by atoms with Crippen molar-refractivity contribution in [1.29, 1.82) is 0 Å². The zero-order valence-electron chi connectivity index (χ0n) is 15.6. The molecule has 0 aromatic heterocycles. The van der Waals surface area contributed by atoms with E-state index in [1.54, 1.807) is 13.2 Å². The average molecular weight is 344 g/mol. The van der Waals surface area contributed by atoms with Crippen LogP contribution in [0.3, 0.4) is 0 Å². The molecule has 1 aliphatic carbocycles. The number of fused-ring (bicyclic) bond motifs is 1. The molecule has 3 rings (SSSR count). The molecule has 4 nitrogen and oxygen atoms in total. The zero-order valence-corrected chi connectivity index (χ0v) is 15.6. The van der Waals surface area contributed by atoms with E-state index in [2.05, 4.69) is 26.0 Å². The van der Waals surface area contributed by atoms with Gasteiger partial charge in [-0.15, -0.1) is 0 Å². The first-order valence-electron chi connectivity index (χ1n) is 9.25. The van der Waals surface area contributed by atoms with Crippen LogP contribution in [0.5, 0.6) is 17.2 Å². The fraction of sp³-hybridized carbons (Fsp3) is 0.571. The summed E-state index contributed by atoms with van der Waals surface area (Å²) in [6.07, 6.45) is 8.19. The van der Waals surface area contributed by atoms with Crippen LogP contribution in [0.15, 0.2) is 18.2 Å². The van der Waals surface area contributed by atoms with Crippen LogP contribution in [0, 0.1) is 11.8 Å². The van der Waals surface area contributed by atoms with E-state index in [1.165, 1.54) is 0 Å². The van der Waals surface area contributed by atoms with Gasteiger partial charge >= 0.3 is 0 Å². The first-order valence-corrected chi connectivity index (χ1v) is 9.25. The number of Topliss-reactive ketones (excluding diaryl/α,β-unsaturated/α-hetero) is 1. The van der Waals surface area contributed by atoms with E-state index in [4.69, 9.17) is 9.47 Å². The largest absolute Gasteiger partial charge is 0.507 e. The Balaban J connectivity index is 2.01. The fourth-order valence-electron chi connectivity index (χ4n) is 3.96. The van der Waals surface area contributed by atoms with Crippen molar-refractivity contribution in [1.82, 2.24) is 0 Å². The summed E-state index contributed by atoms with van der Waals surface area (Å²) in [6, 6.07) is 1.55. The van der Waals surface area contributed by atoms with Crippen LogP contribution in [0.4, 0.5) is 0 Å². The molecule has 4 heteroatoms. The predicted molar refractivity (Wildman–Crippen MR) is 97.7 cm³/mol. The lowest BCUT2D eigenvalue weighted by Crippen LogP contribution is -2.35. The van der Waals surface area contributed by atoms with Gasteiger partial charge in [-0.1, -0.05) is 26.8 Å². The van der Waals surface area contributed by atoms with E-state index in [0.717, 1.165) is 24.8 Å². The summed E-state index contributed by atoms with van der Waals surface area (Å²) in [5.74, 6) is 2.16. The van der Waals surface area contributed by atoms with Crippen molar-refractivity contribution < 1.29 is 19.4 Å². The van der Waals surface area contributed by atoms with Crippen molar-refractivity contribution in [2.24, 2.45) is 11.8 Å². The minimum atomic E-state index is -0.421. The molecule has 136 valence electrons. The summed E-state index contributed by atoms with van der Waals surface area (Å²) in [6.45, 7) is 6.43. The third kappa shape index (κ3) is 3.14. The van der Waals surface area contributed by atoms with Gasteiger partial charge < -0.3 is 14.6 Å². The van der Waals surface area contributed by atoms with E-state index in [1.807, 2.05) is 6.92 Å². The molecule has 1 N–H and O–H groups in total. The quantitative estimate of drug-likeness (QED) is 0.622. The van der Waals surface area contributed by atoms with Gasteiger partial charge in [0, 0.05) is 24.5 Å². The van der Waals surface area contributed by atoms with E-state index < -0.39 is 5.60 Å². The van der Waals surface area contributed by atoms with E-state index >= 15 is 0 Å². The van der Waals surface area contributed by atoms with Gasteiger partial charge in [-0.05, 0) is 37.2 Å². The molecule has 1 spiro atoms. The Bertz CT molecular complexity index is 704. The molecule has 0 saturated carbocycles. The number of carbonyl (C=O) groups is 1. The van der Waals surface area contributed by atoms with E-state index in [-0.39, 0.29) is 11.5 Å². The number of phenolic OH excluding ortho intramolecular Hbond substituents is 1. The number of rotatable bonds is 5. The van der Waals surface area contributed by atoms with E-state index in [0.29, 0.717) is 41.7 Å². The van der Waals surface area contributed by atoms with Gasteiger partial charge in [0.1, 0.15) is 28.4 Å². The summed E-state index contributed by atoms with van der Waals surface area (Å²) in [5, 5.41) is 10.4. The molecular formula is C21H28O4. The fourth-order valence-corrected chi connectivity index (χ4v) is 3.96. The van der Waals surface area contributed by atoms with Gasteiger partial charge in [0.25, 0.3) is 0 Å². The minimum Gasteiger partial charge on any atom is -0.507 e. The Labute approximate surface area is 149 Å². The summed E-state index contributed by atoms with van der Waals surface area (Å²) < 4.78 is 11.8. The second-order valence-electron chi connectivity index (χ2n) is 7.60. The van der Waals surface area contributed by atoms with Crippen LogP contribution in [0.25, 0.3) is 0 Å². The van der Waals surface area contributed by atoms with E-state index in [9.17, 15) is 9.90 Å². The van der Waals surface area contributed by atoms with Gasteiger partial charge in [0.15, 0.2) is 5.78 Å². The molecule has 1 aromatic carbocycles. The number of ketones is 1. The lowest BCUT2D eigenvalue weighted by atomic mass is 9.78. The van der Waals surface area contributed by atoms with Crippen molar-refractivity contribution >= 4 is 5.78 Å². The van der Waals surface area contributed by atoms with Crippen molar-refractivity contribution in [3.05, 3.63) is 29.3 Å². The summed E-state index contributed by atoms with van der Waals surface area (Å²) in [7, 11) is 1.58. The van der Waals surface area contributed by atoms with Crippen LogP contribution >= 0.6 is 0 Å². The first kappa shape index (κ1) is 17.8. The van der Waals surface area contributed by atoms with Crippen LogP contribution < -0.4 is 9.47 Å². The molecule has 2 aliphatic rings. The maximum atomic E-state index is 12.5. The number of hydrogen-bond donors (Lipinski definition) is 1. The third-order valence-electron chi connectivity index (χ3n) is 5.48. The molecule has 1 aromatic rings. The van der Waals surface area contributed by atoms with Crippen LogP contribution in [-0.4, -0.2) is 23.6 Å². The van der Waals surface area contributed by atoms with Crippen molar-refractivity contribution in [3.8, 4) is 17.2 Å². The zero-order chi connectivity index (χ0) is 18.2. The molecule has 0 radical (unpaired) electrons. The van der Waals surface area contributed by atoms with Gasteiger partial charge in [-0.25, -0.2) is 0 Å². The van der Waals surface area contributed by atoms with Gasteiger partial charge in [0.2, 0.25) is 0 Å². The summed E-state index contributed by atoms with van der Waals surface area (Å²) in [5.41, 5.74) is 0.789. The minimum absolute atomic E-state index is 0.0501. The summed E-state index contributed by atoms with van der Waals surface area (Å²) in [4.78, 5) is 12.5. The van der Waals surface area contributed by atoms with Crippen molar-refractivity contribution in [2.45, 2.75) is 58.5 Å². The van der Waals surface area contributed by atoms with Gasteiger partial charge in [-0.3, -0.25) is 4.79 Å². The Hall–Kier alpha value is -1.97. The second-order valence-corrected chi connectivity index (χ2v) is 7.60. The third-order valence-corrected chi connectivity index (χ3v) is 5.48. The van der Waals surface area contributed by atoms with Crippen LogP contribution in [0.2, 0.25) is 0 Å². The lowest BCUT2D eigenvalue weighted by molar-refractivity contribution is 0.0953. The average Bonchev–Trinajstić information content (AvgIpc) is 2.93. The number of benzene rings is 1. The highest BCUT2D eigenvalue weighted by Gasteiger charge is 2.43. The molecule has 2 atom stereocenters. The SMILES string of the molecule is CCCC(=O)c1c(O)cc(OC)c2c1O[C@]1(C=C[C@H](C(C)C)CC1)C2. The summed E-state index contributed by atoms with van der Waals surface area (Å²) >= 11 is 0. The van der Waals surface area contributed by atoms with Gasteiger partial charge in [0.05, 0.1) is 7.11 Å². The molecular weight excluding hydrogens is 316 g/mol. The number of carbonyl (C=O) groups excluding carboxylic acids is 1. The number of methoxy groups -OCH3 is 1. The molecule has 0 amide bonds. The number of aromatic hydroxyl groups is 1. The van der Waals surface area contributed by atoms with Crippen molar-refractivity contribution in [2.75, 3.05) is 7.11 Å². The number of hydrogen-bond acceptors (Lipinski definition) is 4. The molecule has 0 fully saturated rings. The Kier molecular flexibility index (Phi) is 4.81. The predicted octanol–water partition coefficient (Wildman–Crippen LogP) is 4.68. The Morgan fingerprint density at radius 1 is 1.48 bits per heavy atom. The van der Waals surface area contributed by atoms with Crippen LogP contribution in [-0.2, 0) is 6.42 Å². The highest BCUT2D eigenvalue weighted by molar-refractivity contribution is 6.02. The molecule has 0 bridgehead atoms. The molecule has 0 saturated heterocycles. The normalized spacial score (nSPS) is 24.4. The maximum Gasteiger partial charge on any atom is 0.170 e. The highest BCUT2D eigenvalue weighted by atomic mass is 16.5. The van der Waals surface area contributed by atoms with Crippen molar-refractivity contribution in [3.63, 3.8) is 0 Å². The maximum absolute atomic E-state index is 12.5. The number of phenols is 1. The van der Waals surface area contributed by atoms with Crippen LogP contribution in [0.1, 0.15) is 62.4 Å². The Morgan fingerprint density at radius 3 is 2.80 bits per heavy atom. The molecule has 1 aliphatic heterocycles. The second kappa shape index (κ2) is 6.74. The Morgan fingerprint density at radius 2 is 2.24 bits per heavy atom. The number of ether oxygens (including phenoxy) is 2. The topological polar surface area (TPSA) is 55.8 Å². The monoisotopic (exact) mass is 344 g/mol. The standard InChI is InChI=1S/C21H28O4/c1-5-6-16(22)19-17(23)11-18(24-4)15-12-21(25-20(15)19)9-7-14(8-10-21)13(2)3/h7,9,11,13-14,23H,5-6,8,10,12H2,1-4H3/t14-,21-/m0/s1. The number of allylic oxidation sites excluding steroid dienone is 1. The first-order chi connectivity index (χ1) is 11.9. The smallest absolute Gasteiger partial charge is 0.170 e. The van der Waals surface area contributed by atoms with Gasteiger partial charge in [-0.2, -0.15) is 0 Å². The lowest BCUT2D eigenvalue weighted by Gasteiger charge is -2.33. The molecule has 0 unspecified atom stereocenters. The molecule has 25 heavy (non-hydrogen) atoms.